The third kappa shape index (κ3) is 3.42. The number of hydrogen-bond acceptors (Lipinski definition) is 1. The van der Waals surface area contributed by atoms with Crippen LogP contribution in [0.4, 0.5) is 0 Å². The molecule has 0 aliphatic heterocycles. The van der Waals surface area contributed by atoms with E-state index >= 15 is 0 Å². The van der Waals surface area contributed by atoms with Crippen molar-refractivity contribution in [1.29, 1.82) is 0 Å². The van der Waals surface area contributed by atoms with E-state index in [2.05, 4.69) is 15.9 Å². The highest BCUT2D eigenvalue weighted by atomic mass is 79.9. The number of aromatic hydroxyl groups is 1. The summed E-state index contributed by atoms with van der Waals surface area (Å²) in [6.07, 6.45) is 0. The Morgan fingerprint density at radius 3 is 2.18 bits per heavy atom. The van der Waals surface area contributed by atoms with Gasteiger partial charge in [0.2, 0.25) is 0 Å². The summed E-state index contributed by atoms with van der Waals surface area (Å²) in [4.78, 5) is 0. The van der Waals surface area contributed by atoms with Gasteiger partial charge in [0.25, 0.3) is 0 Å². The van der Waals surface area contributed by atoms with Gasteiger partial charge in [0.1, 0.15) is 5.75 Å². The molecule has 1 aromatic carbocycles. The molecule has 1 rings (SSSR count). The summed E-state index contributed by atoms with van der Waals surface area (Å²) >= 11 is 3.18. The van der Waals surface area contributed by atoms with Crippen LogP contribution in [0, 0.1) is 6.92 Å². The minimum atomic E-state index is 0.301. The number of halogens is 1. The van der Waals surface area contributed by atoms with Crippen LogP contribution in [0.5, 0.6) is 5.75 Å². The lowest BCUT2D eigenvalue weighted by molar-refractivity contribution is 0.471. The molecule has 0 amide bonds. The topological polar surface area (TPSA) is 20.2 Å². The highest BCUT2D eigenvalue weighted by Crippen LogP contribution is 2.23. The van der Waals surface area contributed by atoms with Gasteiger partial charge in [-0.25, -0.2) is 0 Å². The normalized spacial score (nSPS) is 8.36. The van der Waals surface area contributed by atoms with Crippen LogP contribution in [0.2, 0.25) is 0 Å². The fourth-order valence-electron chi connectivity index (χ4n) is 0.623. The Morgan fingerprint density at radius 2 is 1.82 bits per heavy atom. The minimum absolute atomic E-state index is 0.301. The van der Waals surface area contributed by atoms with Gasteiger partial charge in [-0.1, -0.05) is 19.9 Å². The molecule has 2 heteroatoms. The van der Waals surface area contributed by atoms with Crippen molar-refractivity contribution in [3.8, 4) is 5.75 Å². The SMILES string of the molecule is CC.Cc1ccc(Br)c(O)c1. The molecule has 0 unspecified atom stereocenters. The number of phenols is 1. The maximum Gasteiger partial charge on any atom is 0.130 e. The van der Waals surface area contributed by atoms with Crippen molar-refractivity contribution in [2.45, 2.75) is 20.8 Å². The number of aryl methyl sites for hydroxylation is 1. The second-order valence-electron chi connectivity index (χ2n) is 1.95. The molecule has 1 aromatic rings. The molecule has 0 spiro atoms. The maximum absolute atomic E-state index is 9.05. The van der Waals surface area contributed by atoms with Crippen LogP contribution < -0.4 is 0 Å². The van der Waals surface area contributed by atoms with Crippen LogP contribution in [0.3, 0.4) is 0 Å². The van der Waals surface area contributed by atoms with Crippen molar-refractivity contribution in [3.05, 3.63) is 28.2 Å². The lowest BCUT2D eigenvalue weighted by atomic mass is 10.2. The molecule has 0 aliphatic rings. The van der Waals surface area contributed by atoms with E-state index in [1.165, 1.54) is 0 Å². The summed E-state index contributed by atoms with van der Waals surface area (Å²) in [5, 5.41) is 9.05. The molecule has 1 N–H and O–H groups in total. The molecule has 0 aromatic heterocycles. The second kappa shape index (κ2) is 5.19. The molecule has 0 saturated heterocycles. The Morgan fingerprint density at radius 1 is 1.27 bits per heavy atom. The van der Waals surface area contributed by atoms with E-state index in [4.69, 9.17) is 5.11 Å². The van der Waals surface area contributed by atoms with Crippen LogP contribution in [0.25, 0.3) is 0 Å². The maximum atomic E-state index is 9.05. The van der Waals surface area contributed by atoms with E-state index in [1.54, 1.807) is 6.07 Å². The predicted molar refractivity (Wildman–Crippen MR) is 51.9 cm³/mol. The highest BCUT2D eigenvalue weighted by Gasteiger charge is 1.93. The van der Waals surface area contributed by atoms with E-state index in [9.17, 15) is 0 Å². The van der Waals surface area contributed by atoms with Gasteiger partial charge in [-0.3, -0.25) is 0 Å². The molecular weight excluding hydrogens is 204 g/mol. The molecule has 0 radical (unpaired) electrons. The Balaban J connectivity index is 0.000000461. The van der Waals surface area contributed by atoms with Crippen molar-refractivity contribution >= 4 is 15.9 Å². The highest BCUT2D eigenvalue weighted by molar-refractivity contribution is 9.10. The van der Waals surface area contributed by atoms with Gasteiger partial charge < -0.3 is 5.11 Å². The van der Waals surface area contributed by atoms with Crippen LogP contribution in [0.1, 0.15) is 19.4 Å². The summed E-state index contributed by atoms with van der Waals surface area (Å²) in [5.74, 6) is 0.301. The fourth-order valence-corrected chi connectivity index (χ4v) is 0.869. The zero-order valence-corrected chi connectivity index (χ0v) is 8.64. The van der Waals surface area contributed by atoms with Crippen molar-refractivity contribution in [3.63, 3.8) is 0 Å². The number of hydrogen-bond donors (Lipinski definition) is 1. The monoisotopic (exact) mass is 216 g/mol. The van der Waals surface area contributed by atoms with E-state index in [1.807, 2.05) is 32.9 Å². The molecule has 0 aliphatic carbocycles. The largest absolute Gasteiger partial charge is 0.507 e. The molecule has 0 bridgehead atoms. The molecular formula is C9H13BrO. The molecule has 62 valence electrons. The van der Waals surface area contributed by atoms with Gasteiger partial charge in [0, 0.05) is 0 Å². The van der Waals surface area contributed by atoms with Gasteiger partial charge in [0.05, 0.1) is 4.47 Å². The van der Waals surface area contributed by atoms with E-state index in [0.717, 1.165) is 10.0 Å². The Bertz CT molecular complexity index is 221. The summed E-state index contributed by atoms with van der Waals surface area (Å²) in [6, 6.07) is 5.47. The first-order chi connectivity index (χ1) is 5.20. The lowest BCUT2D eigenvalue weighted by Crippen LogP contribution is -1.71. The van der Waals surface area contributed by atoms with Crippen molar-refractivity contribution < 1.29 is 5.11 Å². The van der Waals surface area contributed by atoms with Crippen LogP contribution in [0.15, 0.2) is 22.7 Å². The fraction of sp³-hybridized carbons (Fsp3) is 0.333. The second-order valence-corrected chi connectivity index (χ2v) is 2.81. The van der Waals surface area contributed by atoms with E-state index < -0.39 is 0 Å². The smallest absolute Gasteiger partial charge is 0.130 e. The Kier molecular flexibility index (Phi) is 4.95. The third-order valence-corrected chi connectivity index (χ3v) is 1.77. The lowest BCUT2D eigenvalue weighted by Gasteiger charge is -1.95. The Hall–Kier alpha value is -0.500. The van der Waals surface area contributed by atoms with Crippen molar-refractivity contribution in [1.82, 2.24) is 0 Å². The molecule has 0 heterocycles. The molecule has 0 atom stereocenters. The van der Waals surface area contributed by atoms with Crippen molar-refractivity contribution in [2.24, 2.45) is 0 Å². The summed E-state index contributed by atoms with van der Waals surface area (Å²) < 4.78 is 0.744. The van der Waals surface area contributed by atoms with Crippen LogP contribution in [-0.4, -0.2) is 5.11 Å². The molecule has 0 saturated carbocycles. The zero-order chi connectivity index (χ0) is 8.85. The molecule has 1 nitrogen and oxygen atoms in total. The average Bonchev–Trinajstić information content (AvgIpc) is 2.02. The van der Waals surface area contributed by atoms with Gasteiger partial charge in [-0.2, -0.15) is 0 Å². The summed E-state index contributed by atoms with van der Waals surface area (Å²) in [5.41, 5.74) is 1.07. The first kappa shape index (κ1) is 10.5. The van der Waals surface area contributed by atoms with Gasteiger partial charge in [-0.05, 0) is 40.5 Å². The number of benzene rings is 1. The van der Waals surface area contributed by atoms with Gasteiger partial charge >= 0.3 is 0 Å². The van der Waals surface area contributed by atoms with Gasteiger partial charge in [0.15, 0.2) is 0 Å². The summed E-state index contributed by atoms with van der Waals surface area (Å²) in [6.45, 7) is 5.94. The predicted octanol–water partition coefficient (Wildman–Crippen LogP) is 3.49. The van der Waals surface area contributed by atoms with Crippen LogP contribution in [-0.2, 0) is 0 Å². The molecule has 11 heavy (non-hydrogen) atoms. The Labute approximate surface area is 76.2 Å². The van der Waals surface area contributed by atoms with Gasteiger partial charge in [-0.15, -0.1) is 0 Å². The van der Waals surface area contributed by atoms with E-state index in [-0.39, 0.29) is 0 Å². The summed E-state index contributed by atoms with van der Waals surface area (Å²) in [7, 11) is 0. The molecule has 0 fully saturated rings. The average molecular weight is 217 g/mol. The first-order valence-corrected chi connectivity index (χ1v) is 4.44. The quantitative estimate of drug-likeness (QED) is 0.705. The van der Waals surface area contributed by atoms with Crippen molar-refractivity contribution in [2.75, 3.05) is 0 Å². The standard InChI is InChI=1S/C7H7BrO.C2H6/c1-5-2-3-6(8)7(9)4-5;1-2/h2-4,9H,1H3;1-2H3. The van der Waals surface area contributed by atoms with Crippen LogP contribution >= 0.6 is 15.9 Å². The first-order valence-electron chi connectivity index (χ1n) is 3.65. The number of rotatable bonds is 0. The van der Waals surface area contributed by atoms with E-state index in [0.29, 0.717) is 5.75 Å². The zero-order valence-electron chi connectivity index (χ0n) is 7.06. The number of phenolic OH excluding ortho intramolecular Hbond substituents is 1. The minimum Gasteiger partial charge on any atom is -0.507 e. The third-order valence-electron chi connectivity index (χ3n) is 1.10.